The first-order valence-electron chi connectivity index (χ1n) is 4.25. The van der Waals surface area contributed by atoms with Crippen molar-refractivity contribution in [2.45, 2.75) is 6.92 Å². The summed E-state index contributed by atoms with van der Waals surface area (Å²) in [5.41, 5.74) is 8.94. The largest absolute Gasteiger partial charge is 0.382 e. The fourth-order valence-electron chi connectivity index (χ4n) is 1.33. The van der Waals surface area contributed by atoms with Crippen molar-refractivity contribution >= 4 is 28.4 Å². The van der Waals surface area contributed by atoms with Crippen LogP contribution in [0.4, 0.5) is 5.82 Å². The highest BCUT2D eigenvalue weighted by Gasteiger charge is 2.06. The van der Waals surface area contributed by atoms with Crippen LogP contribution in [0.5, 0.6) is 0 Å². The molecule has 0 aliphatic carbocycles. The van der Waals surface area contributed by atoms with E-state index < -0.39 is 0 Å². The number of hydrogen-bond acceptors (Lipinski definition) is 2. The van der Waals surface area contributed by atoms with Gasteiger partial charge >= 0.3 is 0 Å². The molecule has 0 fully saturated rings. The van der Waals surface area contributed by atoms with E-state index in [4.69, 9.17) is 5.73 Å². The van der Waals surface area contributed by atoms with Crippen LogP contribution in [0.25, 0.3) is 11.3 Å². The minimum atomic E-state index is 0.525. The molecule has 2 aromatic rings. The molecule has 72 valence electrons. The smallest absolute Gasteiger partial charge is 0.145 e. The lowest BCUT2D eigenvalue weighted by Gasteiger charge is -2.03. The van der Waals surface area contributed by atoms with Gasteiger partial charge in [-0.15, -0.1) is 0 Å². The van der Waals surface area contributed by atoms with Gasteiger partial charge in [0.05, 0.1) is 5.69 Å². The molecule has 2 rings (SSSR count). The number of rotatable bonds is 1. The zero-order valence-electron chi connectivity index (χ0n) is 7.71. The molecule has 4 heteroatoms. The molecule has 0 aliphatic heterocycles. The normalized spacial score (nSPS) is 10.4. The number of nitrogens with zero attached hydrogens (tertiary/aromatic N) is 1. The van der Waals surface area contributed by atoms with Gasteiger partial charge in [-0.1, -0.05) is 18.2 Å². The highest BCUT2D eigenvalue weighted by molar-refractivity contribution is 14.1. The molecule has 1 heterocycles. The molecule has 0 bridgehead atoms. The van der Waals surface area contributed by atoms with Crippen LogP contribution >= 0.6 is 22.6 Å². The first-order valence-corrected chi connectivity index (χ1v) is 5.32. The topological polar surface area (TPSA) is 54.7 Å². The molecule has 0 amide bonds. The Bertz CT molecular complexity index is 462. The van der Waals surface area contributed by atoms with E-state index in [1.165, 1.54) is 9.13 Å². The maximum atomic E-state index is 5.56. The maximum Gasteiger partial charge on any atom is 0.145 e. The van der Waals surface area contributed by atoms with Crippen LogP contribution in [-0.2, 0) is 0 Å². The third-order valence-corrected chi connectivity index (χ3v) is 3.51. The number of nitrogens with one attached hydrogen (secondary N) is 1. The van der Waals surface area contributed by atoms with Crippen molar-refractivity contribution < 1.29 is 0 Å². The van der Waals surface area contributed by atoms with Gasteiger partial charge in [-0.2, -0.15) is 5.10 Å². The second kappa shape index (κ2) is 3.61. The van der Waals surface area contributed by atoms with Crippen molar-refractivity contribution in [3.8, 4) is 11.3 Å². The van der Waals surface area contributed by atoms with Crippen molar-refractivity contribution in [1.29, 1.82) is 0 Å². The number of H-pyrrole nitrogens is 1. The lowest BCUT2D eigenvalue weighted by Crippen LogP contribution is -1.86. The van der Waals surface area contributed by atoms with Crippen LogP contribution in [0.1, 0.15) is 5.56 Å². The van der Waals surface area contributed by atoms with Crippen LogP contribution in [0.15, 0.2) is 24.3 Å². The summed E-state index contributed by atoms with van der Waals surface area (Å²) in [7, 11) is 0. The molecule has 0 saturated heterocycles. The molecule has 0 atom stereocenters. The van der Waals surface area contributed by atoms with E-state index in [9.17, 15) is 0 Å². The summed E-state index contributed by atoms with van der Waals surface area (Å²) in [6.07, 6.45) is 0. The lowest BCUT2D eigenvalue weighted by molar-refractivity contribution is 1.10. The number of aromatic nitrogens is 2. The fourth-order valence-corrected chi connectivity index (χ4v) is 1.98. The maximum absolute atomic E-state index is 5.56. The van der Waals surface area contributed by atoms with Crippen molar-refractivity contribution in [1.82, 2.24) is 10.2 Å². The van der Waals surface area contributed by atoms with Gasteiger partial charge in [0.25, 0.3) is 0 Å². The van der Waals surface area contributed by atoms with Gasteiger partial charge in [-0.25, -0.2) is 0 Å². The third kappa shape index (κ3) is 1.61. The molecule has 0 aliphatic rings. The second-order valence-corrected chi connectivity index (χ2v) is 4.22. The van der Waals surface area contributed by atoms with Crippen molar-refractivity contribution in [2.24, 2.45) is 0 Å². The Hall–Kier alpha value is -1.04. The van der Waals surface area contributed by atoms with E-state index in [1.54, 1.807) is 0 Å². The van der Waals surface area contributed by atoms with E-state index in [0.717, 1.165) is 11.3 Å². The highest BCUT2D eigenvalue weighted by Crippen LogP contribution is 2.26. The molecule has 1 aromatic carbocycles. The van der Waals surface area contributed by atoms with Crippen LogP contribution < -0.4 is 5.73 Å². The minimum absolute atomic E-state index is 0.525. The Morgan fingerprint density at radius 2 is 2.21 bits per heavy atom. The summed E-state index contributed by atoms with van der Waals surface area (Å²) < 4.78 is 1.23. The SMILES string of the molecule is Cc1cccc(-c2cc(N)n[nH]2)c1I. The number of aryl methyl sites for hydroxylation is 1. The number of aromatic amines is 1. The molecular weight excluding hydrogens is 289 g/mol. The van der Waals surface area contributed by atoms with Crippen molar-refractivity contribution in [3.63, 3.8) is 0 Å². The highest BCUT2D eigenvalue weighted by atomic mass is 127. The van der Waals surface area contributed by atoms with Gasteiger partial charge in [0.15, 0.2) is 0 Å². The quantitative estimate of drug-likeness (QED) is 0.795. The summed E-state index contributed by atoms with van der Waals surface area (Å²) in [6, 6.07) is 8.02. The van der Waals surface area contributed by atoms with Crippen molar-refractivity contribution in [3.05, 3.63) is 33.4 Å². The Morgan fingerprint density at radius 3 is 2.86 bits per heavy atom. The van der Waals surface area contributed by atoms with Crippen LogP contribution in [0.2, 0.25) is 0 Å². The number of hydrogen-bond donors (Lipinski definition) is 2. The minimum Gasteiger partial charge on any atom is -0.382 e. The van der Waals surface area contributed by atoms with Gasteiger partial charge in [0.1, 0.15) is 5.82 Å². The zero-order chi connectivity index (χ0) is 10.1. The van der Waals surface area contributed by atoms with Gasteiger partial charge in [-0.05, 0) is 35.1 Å². The summed E-state index contributed by atoms with van der Waals surface area (Å²) in [4.78, 5) is 0. The average molecular weight is 299 g/mol. The zero-order valence-corrected chi connectivity index (χ0v) is 9.87. The number of anilines is 1. The van der Waals surface area contributed by atoms with Crippen LogP contribution in [0, 0.1) is 10.5 Å². The van der Waals surface area contributed by atoms with Crippen LogP contribution in [0.3, 0.4) is 0 Å². The first-order chi connectivity index (χ1) is 6.68. The molecule has 14 heavy (non-hydrogen) atoms. The third-order valence-electron chi connectivity index (χ3n) is 2.08. The second-order valence-electron chi connectivity index (χ2n) is 3.14. The predicted octanol–water partition coefficient (Wildman–Crippen LogP) is 2.57. The Morgan fingerprint density at radius 1 is 1.43 bits per heavy atom. The standard InChI is InChI=1S/C10H10IN3/c1-6-3-2-4-7(10(6)11)8-5-9(12)14-13-8/h2-5H,1H3,(H3,12,13,14). The van der Waals surface area contributed by atoms with Crippen molar-refractivity contribution in [2.75, 3.05) is 5.73 Å². The Labute approximate surface area is 95.9 Å². The summed E-state index contributed by atoms with van der Waals surface area (Å²) >= 11 is 2.33. The fraction of sp³-hybridized carbons (Fsp3) is 0.100. The monoisotopic (exact) mass is 299 g/mol. The molecule has 3 nitrogen and oxygen atoms in total. The lowest BCUT2D eigenvalue weighted by atomic mass is 10.1. The first kappa shape index (κ1) is 9.51. The van der Waals surface area contributed by atoms with Gasteiger partial charge < -0.3 is 5.73 Å². The molecule has 0 spiro atoms. The summed E-state index contributed by atoms with van der Waals surface area (Å²) in [5, 5.41) is 6.82. The number of nitrogen functional groups attached to an aromatic ring is 1. The Balaban J connectivity index is 2.57. The molecule has 0 saturated carbocycles. The molecule has 0 unspecified atom stereocenters. The summed E-state index contributed by atoms with van der Waals surface area (Å²) in [5.74, 6) is 0.525. The predicted molar refractivity (Wildman–Crippen MR) is 65.9 cm³/mol. The van der Waals surface area contributed by atoms with E-state index in [0.29, 0.717) is 5.82 Å². The van der Waals surface area contributed by atoms with Gasteiger partial charge in [-0.3, -0.25) is 5.10 Å². The molecule has 1 aromatic heterocycles. The van der Waals surface area contributed by atoms with E-state index >= 15 is 0 Å². The van der Waals surface area contributed by atoms with E-state index in [-0.39, 0.29) is 0 Å². The molecule has 3 N–H and O–H groups in total. The number of nitrogens with two attached hydrogens (primary N) is 1. The average Bonchev–Trinajstić information content (AvgIpc) is 2.57. The number of benzene rings is 1. The number of halogens is 1. The van der Waals surface area contributed by atoms with Gasteiger partial charge in [0.2, 0.25) is 0 Å². The van der Waals surface area contributed by atoms with Crippen LogP contribution in [-0.4, -0.2) is 10.2 Å². The Kier molecular flexibility index (Phi) is 2.45. The molecule has 0 radical (unpaired) electrons. The van der Waals surface area contributed by atoms with E-state index in [2.05, 4.69) is 51.8 Å². The van der Waals surface area contributed by atoms with E-state index in [1.807, 2.05) is 12.1 Å². The molecular formula is C10H10IN3. The summed E-state index contributed by atoms with van der Waals surface area (Å²) in [6.45, 7) is 2.09. The van der Waals surface area contributed by atoms with Gasteiger partial charge in [0, 0.05) is 15.2 Å².